The van der Waals surface area contributed by atoms with E-state index in [1.807, 2.05) is 48.7 Å². The summed E-state index contributed by atoms with van der Waals surface area (Å²) in [5, 5.41) is 1.02. The number of ether oxygens (including phenoxy) is 1. The number of aromatic nitrogens is 1. The number of rotatable bonds is 1. The van der Waals surface area contributed by atoms with Crippen molar-refractivity contribution in [3.05, 3.63) is 65.9 Å². The SMILES string of the molecule is O=C1CC2(CCN(C(=O)c3ccc4[nH]ccc4c3)C2)Oc2ccccc21. The number of nitrogens with one attached hydrogen (secondary N) is 1. The molecular weight excluding hydrogens is 328 g/mol. The Hall–Kier alpha value is -3.08. The van der Waals surface area contributed by atoms with Crippen LogP contribution in [-0.2, 0) is 0 Å². The van der Waals surface area contributed by atoms with Crippen molar-refractivity contribution in [2.24, 2.45) is 0 Å². The molecule has 0 bridgehead atoms. The molecule has 5 rings (SSSR count). The Morgan fingerprint density at radius 3 is 2.96 bits per heavy atom. The molecule has 5 heteroatoms. The first-order valence-corrected chi connectivity index (χ1v) is 8.81. The van der Waals surface area contributed by atoms with Crippen LogP contribution in [0, 0.1) is 0 Å². The van der Waals surface area contributed by atoms with Gasteiger partial charge in [0.1, 0.15) is 11.4 Å². The van der Waals surface area contributed by atoms with Crippen LogP contribution in [0.15, 0.2) is 54.7 Å². The van der Waals surface area contributed by atoms with Gasteiger partial charge in [-0.3, -0.25) is 9.59 Å². The largest absolute Gasteiger partial charge is 0.484 e. The van der Waals surface area contributed by atoms with E-state index in [0.29, 0.717) is 42.8 Å². The van der Waals surface area contributed by atoms with Crippen molar-refractivity contribution in [1.82, 2.24) is 9.88 Å². The molecule has 1 aromatic heterocycles. The van der Waals surface area contributed by atoms with Crippen LogP contribution in [0.2, 0.25) is 0 Å². The number of para-hydroxylation sites is 1. The number of benzene rings is 2. The average molecular weight is 346 g/mol. The highest BCUT2D eigenvalue weighted by atomic mass is 16.5. The van der Waals surface area contributed by atoms with Crippen molar-refractivity contribution >= 4 is 22.6 Å². The number of hydrogen-bond donors (Lipinski definition) is 1. The molecule has 26 heavy (non-hydrogen) atoms. The zero-order valence-electron chi connectivity index (χ0n) is 14.2. The van der Waals surface area contributed by atoms with E-state index in [2.05, 4.69) is 4.98 Å². The molecule has 3 heterocycles. The quantitative estimate of drug-likeness (QED) is 0.734. The van der Waals surface area contributed by atoms with Gasteiger partial charge in [-0.05, 0) is 36.4 Å². The lowest BCUT2D eigenvalue weighted by atomic mass is 9.89. The van der Waals surface area contributed by atoms with Crippen molar-refractivity contribution in [2.75, 3.05) is 13.1 Å². The fraction of sp³-hybridized carbons (Fsp3) is 0.238. The molecule has 0 saturated carbocycles. The lowest BCUT2D eigenvalue weighted by molar-refractivity contribution is 0.0428. The molecule has 1 atom stereocenters. The van der Waals surface area contributed by atoms with E-state index in [0.717, 1.165) is 10.9 Å². The third-order valence-corrected chi connectivity index (χ3v) is 5.40. The van der Waals surface area contributed by atoms with Crippen LogP contribution in [-0.4, -0.2) is 40.3 Å². The number of carbonyl (C=O) groups excluding carboxylic acids is 2. The van der Waals surface area contributed by atoms with Gasteiger partial charge in [0, 0.05) is 35.6 Å². The zero-order chi connectivity index (χ0) is 17.7. The Bertz CT molecular complexity index is 1040. The summed E-state index contributed by atoms with van der Waals surface area (Å²) in [6, 6.07) is 15.0. The normalized spacial score (nSPS) is 21.8. The molecule has 0 radical (unpaired) electrons. The predicted octanol–water partition coefficient (Wildman–Crippen LogP) is 3.42. The molecule has 1 unspecified atom stereocenters. The number of fused-ring (bicyclic) bond motifs is 2. The van der Waals surface area contributed by atoms with Gasteiger partial charge in [-0.2, -0.15) is 0 Å². The minimum atomic E-state index is -0.598. The number of hydrogen-bond acceptors (Lipinski definition) is 3. The first-order valence-electron chi connectivity index (χ1n) is 8.81. The van der Waals surface area contributed by atoms with E-state index < -0.39 is 5.60 Å². The van der Waals surface area contributed by atoms with Gasteiger partial charge in [0.25, 0.3) is 5.91 Å². The topological polar surface area (TPSA) is 62.4 Å². The van der Waals surface area contributed by atoms with E-state index in [9.17, 15) is 9.59 Å². The summed E-state index contributed by atoms with van der Waals surface area (Å²) in [6.07, 6.45) is 2.86. The summed E-state index contributed by atoms with van der Waals surface area (Å²) in [4.78, 5) is 30.4. The average Bonchev–Trinajstić information content (AvgIpc) is 3.27. The lowest BCUT2D eigenvalue weighted by Gasteiger charge is -2.34. The summed E-state index contributed by atoms with van der Waals surface area (Å²) in [5.74, 6) is 0.710. The molecule has 1 fully saturated rings. The Labute approximate surface area is 150 Å². The number of H-pyrrole nitrogens is 1. The third kappa shape index (κ3) is 2.31. The number of amides is 1. The molecule has 3 aromatic rings. The maximum absolute atomic E-state index is 12.9. The minimum absolute atomic E-state index is 0.0140. The molecule has 2 aromatic carbocycles. The number of ketones is 1. The summed E-state index contributed by atoms with van der Waals surface area (Å²) < 4.78 is 6.21. The molecule has 1 saturated heterocycles. The van der Waals surface area contributed by atoms with Crippen LogP contribution < -0.4 is 4.74 Å². The van der Waals surface area contributed by atoms with Gasteiger partial charge in [-0.25, -0.2) is 0 Å². The van der Waals surface area contributed by atoms with Crippen molar-refractivity contribution in [3.8, 4) is 5.75 Å². The first kappa shape index (κ1) is 15.2. The van der Waals surface area contributed by atoms with E-state index in [-0.39, 0.29) is 11.7 Å². The van der Waals surface area contributed by atoms with Crippen molar-refractivity contribution in [3.63, 3.8) is 0 Å². The van der Waals surface area contributed by atoms with Crippen LogP contribution >= 0.6 is 0 Å². The van der Waals surface area contributed by atoms with Crippen molar-refractivity contribution in [2.45, 2.75) is 18.4 Å². The van der Waals surface area contributed by atoms with Crippen molar-refractivity contribution < 1.29 is 14.3 Å². The highest BCUT2D eigenvalue weighted by Crippen LogP contribution is 2.39. The fourth-order valence-corrected chi connectivity index (χ4v) is 4.06. The Morgan fingerprint density at radius 1 is 1.15 bits per heavy atom. The molecule has 1 N–H and O–H groups in total. The van der Waals surface area contributed by atoms with E-state index >= 15 is 0 Å². The smallest absolute Gasteiger partial charge is 0.254 e. The summed E-state index contributed by atoms with van der Waals surface area (Å²) in [6.45, 7) is 1.04. The standard InChI is InChI=1S/C21H18N2O3/c24-18-12-21(26-19-4-2-1-3-16(18)19)8-10-23(13-21)20(25)15-5-6-17-14(11-15)7-9-22-17/h1-7,9,11,22H,8,10,12-13H2. The molecule has 5 nitrogen and oxygen atoms in total. The number of carbonyl (C=O) groups is 2. The number of likely N-dealkylation sites (tertiary alicyclic amines) is 1. The molecule has 1 spiro atoms. The Morgan fingerprint density at radius 2 is 2.04 bits per heavy atom. The Kier molecular flexibility index (Phi) is 3.19. The maximum atomic E-state index is 12.9. The molecular formula is C21H18N2O3. The third-order valence-electron chi connectivity index (χ3n) is 5.40. The van der Waals surface area contributed by atoms with Gasteiger partial charge in [0.05, 0.1) is 18.5 Å². The summed E-state index contributed by atoms with van der Waals surface area (Å²) in [7, 11) is 0. The second-order valence-electron chi connectivity index (χ2n) is 7.14. The van der Waals surface area contributed by atoms with Gasteiger partial charge < -0.3 is 14.6 Å². The van der Waals surface area contributed by atoms with Gasteiger partial charge in [0.15, 0.2) is 5.78 Å². The van der Waals surface area contributed by atoms with Gasteiger partial charge in [-0.1, -0.05) is 12.1 Å². The van der Waals surface area contributed by atoms with Gasteiger partial charge in [-0.15, -0.1) is 0 Å². The van der Waals surface area contributed by atoms with E-state index in [1.165, 1.54) is 0 Å². The van der Waals surface area contributed by atoms with E-state index in [1.54, 1.807) is 11.0 Å². The van der Waals surface area contributed by atoms with E-state index in [4.69, 9.17) is 4.74 Å². The highest BCUT2D eigenvalue weighted by Gasteiger charge is 2.47. The second kappa shape index (κ2) is 5.46. The van der Waals surface area contributed by atoms with Crippen molar-refractivity contribution in [1.29, 1.82) is 0 Å². The molecule has 2 aliphatic heterocycles. The molecule has 1 amide bonds. The van der Waals surface area contributed by atoms with Crippen LogP contribution in [0.3, 0.4) is 0 Å². The van der Waals surface area contributed by atoms with Crippen LogP contribution in [0.4, 0.5) is 0 Å². The monoisotopic (exact) mass is 346 g/mol. The highest BCUT2D eigenvalue weighted by molar-refractivity contribution is 6.01. The number of Topliss-reactive ketones (excluding diaryl/α,β-unsaturated/α-hetero) is 1. The molecule has 0 aliphatic carbocycles. The summed E-state index contributed by atoms with van der Waals surface area (Å²) in [5.41, 5.74) is 1.72. The minimum Gasteiger partial charge on any atom is -0.484 e. The van der Waals surface area contributed by atoms with Crippen LogP contribution in [0.25, 0.3) is 10.9 Å². The predicted molar refractivity (Wildman–Crippen MR) is 97.6 cm³/mol. The second-order valence-corrected chi connectivity index (χ2v) is 7.14. The lowest BCUT2D eigenvalue weighted by Crippen LogP contribution is -2.45. The fourth-order valence-electron chi connectivity index (χ4n) is 4.06. The van der Waals surface area contributed by atoms with Gasteiger partial charge >= 0.3 is 0 Å². The van der Waals surface area contributed by atoms with Crippen LogP contribution in [0.1, 0.15) is 33.6 Å². The zero-order valence-corrected chi connectivity index (χ0v) is 14.2. The summed E-state index contributed by atoms with van der Waals surface area (Å²) >= 11 is 0. The van der Waals surface area contributed by atoms with Crippen LogP contribution in [0.5, 0.6) is 5.75 Å². The number of aromatic amines is 1. The maximum Gasteiger partial charge on any atom is 0.254 e. The molecule has 2 aliphatic rings. The first-order chi connectivity index (χ1) is 12.6. The van der Waals surface area contributed by atoms with Gasteiger partial charge in [0.2, 0.25) is 0 Å². The Balaban J connectivity index is 1.40. The molecule has 130 valence electrons. The number of nitrogens with zero attached hydrogens (tertiary/aromatic N) is 1.